The molecular formula is C20H20N4O3S. The summed E-state index contributed by atoms with van der Waals surface area (Å²) < 4.78 is 6.76. The highest BCUT2D eigenvalue weighted by Crippen LogP contribution is 2.26. The molecule has 0 atom stereocenters. The van der Waals surface area contributed by atoms with Crippen LogP contribution < -0.4 is 10.5 Å². The summed E-state index contributed by atoms with van der Waals surface area (Å²) in [6, 6.07) is 14.4. The Balaban J connectivity index is 2.09. The lowest BCUT2D eigenvalue weighted by Crippen LogP contribution is -2.14. The van der Waals surface area contributed by atoms with Gasteiger partial charge in [0.15, 0.2) is 0 Å². The second-order valence-corrected chi connectivity index (χ2v) is 6.68. The van der Waals surface area contributed by atoms with Crippen LogP contribution in [0.4, 0.5) is 0 Å². The van der Waals surface area contributed by atoms with Gasteiger partial charge in [0.2, 0.25) is 4.80 Å². The van der Waals surface area contributed by atoms with Crippen molar-refractivity contribution >= 4 is 23.5 Å². The molecule has 0 saturated heterocycles. The van der Waals surface area contributed by atoms with Crippen LogP contribution in [0.2, 0.25) is 0 Å². The van der Waals surface area contributed by atoms with Gasteiger partial charge in [0.05, 0.1) is 30.6 Å². The number of aromatic hydroxyl groups is 1. The maximum absolute atomic E-state index is 11.6. The van der Waals surface area contributed by atoms with Crippen molar-refractivity contribution in [3.63, 3.8) is 0 Å². The highest BCUT2D eigenvalue weighted by atomic mass is 32.1. The molecule has 1 aromatic heterocycles. The van der Waals surface area contributed by atoms with Crippen LogP contribution in [0, 0.1) is 0 Å². The van der Waals surface area contributed by atoms with Crippen molar-refractivity contribution in [2.75, 3.05) is 20.3 Å². The van der Waals surface area contributed by atoms with Crippen LogP contribution in [0.3, 0.4) is 0 Å². The van der Waals surface area contributed by atoms with Gasteiger partial charge >= 0.3 is 0 Å². The molecule has 0 radical (unpaired) electrons. The van der Waals surface area contributed by atoms with Crippen LogP contribution >= 0.6 is 11.3 Å². The summed E-state index contributed by atoms with van der Waals surface area (Å²) >= 11 is 1.42. The molecule has 0 aliphatic rings. The molecule has 8 heteroatoms. The lowest BCUT2D eigenvalue weighted by molar-refractivity contribution is 0.0998. The van der Waals surface area contributed by atoms with E-state index in [2.05, 4.69) is 10.1 Å². The molecule has 0 aliphatic carbocycles. The molecule has 1 heterocycles. The molecule has 1 amide bonds. The predicted octanol–water partition coefficient (Wildman–Crippen LogP) is 2.45. The highest BCUT2D eigenvalue weighted by Gasteiger charge is 2.13. The van der Waals surface area contributed by atoms with Gasteiger partial charge in [-0.2, -0.15) is 5.10 Å². The number of methoxy groups -OCH3 is 1. The van der Waals surface area contributed by atoms with Gasteiger partial charge in [-0.1, -0.05) is 30.3 Å². The number of aromatic nitrogens is 1. The third-order valence-corrected chi connectivity index (χ3v) is 4.76. The topological polar surface area (TPSA) is 102 Å². The Labute approximate surface area is 166 Å². The van der Waals surface area contributed by atoms with Crippen molar-refractivity contribution in [1.29, 1.82) is 0 Å². The second kappa shape index (κ2) is 9.12. The maximum Gasteiger partial charge on any atom is 0.252 e. The molecule has 3 rings (SSSR count). The van der Waals surface area contributed by atoms with Gasteiger partial charge in [0, 0.05) is 18.1 Å². The van der Waals surface area contributed by atoms with Gasteiger partial charge in [-0.05, 0) is 23.8 Å². The van der Waals surface area contributed by atoms with Crippen LogP contribution in [0.15, 0.2) is 64.0 Å². The van der Waals surface area contributed by atoms with Gasteiger partial charge in [0.25, 0.3) is 5.91 Å². The largest absolute Gasteiger partial charge is 0.507 e. The minimum Gasteiger partial charge on any atom is -0.507 e. The normalized spacial score (nSPS) is 12.0. The Bertz CT molecular complexity index is 1050. The molecule has 0 fully saturated rings. The first-order valence-electron chi connectivity index (χ1n) is 8.52. The Morgan fingerprint density at radius 2 is 2.07 bits per heavy atom. The lowest BCUT2D eigenvalue weighted by Gasteiger charge is -2.06. The third-order valence-electron chi connectivity index (χ3n) is 3.91. The van der Waals surface area contributed by atoms with E-state index in [-0.39, 0.29) is 11.3 Å². The Hall–Kier alpha value is -3.23. The molecular weight excluding hydrogens is 376 g/mol. The zero-order chi connectivity index (χ0) is 19.9. The first kappa shape index (κ1) is 19.5. The number of benzene rings is 2. The number of carbonyl (C=O) groups is 1. The van der Waals surface area contributed by atoms with Crippen LogP contribution in [0.1, 0.15) is 15.9 Å². The van der Waals surface area contributed by atoms with E-state index >= 15 is 0 Å². The van der Waals surface area contributed by atoms with Gasteiger partial charge in [-0.3, -0.25) is 9.79 Å². The van der Waals surface area contributed by atoms with E-state index in [9.17, 15) is 9.90 Å². The second-order valence-electron chi connectivity index (χ2n) is 5.84. The number of ether oxygens (including phenoxy) is 1. The number of rotatable bonds is 7. The molecule has 0 saturated carbocycles. The van der Waals surface area contributed by atoms with Crippen LogP contribution in [-0.4, -0.2) is 42.2 Å². The highest BCUT2D eigenvalue weighted by molar-refractivity contribution is 7.07. The van der Waals surface area contributed by atoms with Crippen molar-refractivity contribution in [2.24, 2.45) is 15.8 Å². The fraction of sp³-hybridized carbons (Fsp3) is 0.150. The van der Waals surface area contributed by atoms with Crippen molar-refractivity contribution in [1.82, 2.24) is 4.68 Å². The molecule has 0 bridgehead atoms. The van der Waals surface area contributed by atoms with E-state index in [1.54, 1.807) is 30.1 Å². The van der Waals surface area contributed by atoms with Crippen molar-refractivity contribution in [3.8, 4) is 17.0 Å². The smallest absolute Gasteiger partial charge is 0.252 e. The SMILES string of the molecule is COCCN=c1scc(-c2ccc(O)c(C(N)=O)c2)n1N=Cc1ccccc1. The fourth-order valence-corrected chi connectivity index (χ4v) is 3.37. The fourth-order valence-electron chi connectivity index (χ4n) is 2.51. The number of hydrogen-bond acceptors (Lipinski definition) is 6. The summed E-state index contributed by atoms with van der Waals surface area (Å²) in [6.07, 6.45) is 1.74. The summed E-state index contributed by atoms with van der Waals surface area (Å²) in [6.45, 7) is 1.00. The van der Waals surface area contributed by atoms with Gasteiger partial charge in [-0.25, -0.2) is 4.68 Å². The summed E-state index contributed by atoms with van der Waals surface area (Å²) in [5, 5.41) is 16.3. The number of nitrogens with zero attached hydrogens (tertiary/aromatic N) is 3. The summed E-state index contributed by atoms with van der Waals surface area (Å²) in [4.78, 5) is 16.8. The number of nitrogens with two attached hydrogens (primary N) is 1. The number of amides is 1. The molecule has 3 aromatic rings. The zero-order valence-corrected chi connectivity index (χ0v) is 16.1. The van der Waals surface area contributed by atoms with Crippen LogP contribution in [-0.2, 0) is 4.74 Å². The minimum atomic E-state index is -0.695. The van der Waals surface area contributed by atoms with Gasteiger partial charge < -0.3 is 15.6 Å². The van der Waals surface area contributed by atoms with E-state index in [1.165, 1.54) is 17.4 Å². The molecule has 0 unspecified atom stereocenters. The number of carbonyl (C=O) groups excluding carboxylic acids is 1. The standard InChI is InChI=1S/C20H20N4O3S/c1-27-10-9-22-20-24(23-12-14-5-3-2-4-6-14)17(13-28-20)15-7-8-18(25)16(11-15)19(21)26/h2-8,11-13,25H,9-10H2,1H3,(H2,21,26). The number of primary amides is 1. The Morgan fingerprint density at radius 1 is 1.29 bits per heavy atom. The molecule has 144 valence electrons. The summed E-state index contributed by atoms with van der Waals surface area (Å²) in [7, 11) is 1.62. The summed E-state index contributed by atoms with van der Waals surface area (Å²) in [5.74, 6) is -0.852. The quantitative estimate of drug-likeness (QED) is 0.474. The monoisotopic (exact) mass is 396 g/mol. The van der Waals surface area contributed by atoms with Crippen LogP contribution in [0.5, 0.6) is 5.75 Å². The number of hydrogen-bond donors (Lipinski definition) is 2. The zero-order valence-electron chi connectivity index (χ0n) is 15.3. The average Bonchev–Trinajstić information content (AvgIpc) is 3.10. The van der Waals surface area contributed by atoms with Crippen molar-refractivity contribution in [2.45, 2.75) is 0 Å². The molecule has 0 aliphatic heterocycles. The first-order valence-corrected chi connectivity index (χ1v) is 9.40. The molecule has 2 aromatic carbocycles. The number of thiazole rings is 1. The predicted molar refractivity (Wildman–Crippen MR) is 110 cm³/mol. The molecule has 3 N–H and O–H groups in total. The van der Waals surface area contributed by atoms with Crippen molar-refractivity contribution in [3.05, 3.63) is 69.8 Å². The van der Waals surface area contributed by atoms with E-state index in [0.717, 1.165) is 11.3 Å². The third kappa shape index (κ3) is 4.54. The van der Waals surface area contributed by atoms with Gasteiger partial charge in [-0.15, -0.1) is 11.3 Å². The van der Waals surface area contributed by atoms with Gasteiger partial charge in [0.1, 0.15) is 5.75 Å². The first-order chi connectivity index (χ1) is 13.6. The van der Waals surface area contributed by atoms with E-state index in [4.69, 9.17) is 10.5 Å². The minimum absolute atomic E-state index is 0.0557. The maximum atomic E-state index is 11.6. The van der Waals surface area contributed by atoms with Crippen molar-refractivity contribution < 1.29 is 14.6 Å². The molecule has 7 nitrogen and oxygen atoms in total. The molecule has 0 spiro atoms. The summed E-state index contributed by atoms with van der Waals surface area (Å²) in [5.41, 5.74) is 7.78. The van der Waals surface area contributed by atoms with Crippen LogP contribution in [0.25, 0.3) is 11.3 Å². The molecule has 28 heavy (non-hydrogen) atoms. The Morgan fingerprint density at radius 3 is 2.79 bits per heavy atom. The average molecular weight is 396 g/mol. The number of phenols is 1. The Kier molecular flexibility index (Phi) is 6.36. The lowest BCUT2D eigenvalue weighted by atomic mass is 10.1. The van der Waals surface area contributed by atoms with E-state index in [0.29, 0.717) is 23.5 Å². The van der Waals surface area contributed by atoms with E-state index in [1.807, 2.05) is 35.7 Å². The van der Waals surface area contributed by atoms with E-state index < -0.39 is 5.91 Å².